The molecule has 2 aromatic carbocycles. The molecule has 0 unspecified atom stereocenters. The number of H-pyrrole nitrogens is 1. The largest absolute Gasteiger partial charge is 0.491 e. The van der Waals surface area contributed by atoms with Gasteiger partial charge in [-0.25, -0.2) is 5.43 Å². The average molecular weight is 375 g/mol. The fourth-order valence-corrected chi connectivity index (χ4v) is 3.72. The van der Waals surface area contributed by atoms with Gasteiger partial charge in [-0.15, -0.1) is 0 Å². The maximum atomic E-state index is 12.5. The fourth-order valence-electron chi connectivity index (χ4n) is 3.72. The number of nitrogens with zero attached hydrogens (tertiary/aromatic N) is 1. The van der Waals surface area contributed by atoms with E-state index in [2.05, 4.69) is 15.5 Å². The zero-order chi connectivity index (χ0) is 19.5. The second-order valence-electron chi connectivity index (χ2n) is 7.49. The number of hydrogen-bond acceptors (Lipinski definition) is 3. The first-order valence-corrected chi connectivity index (χ1v) is 9.84. The Hall–Kier alpha value is -3.08. The summed E-state index contributed by atoms with van der Waals surface area (Å²) < 4.78 is 5.68. The van der Waals surface area contributed by atoms with E-state index < -0.39 is 0 Å². The van der Waals surface area contributed by atoms with E-state index in [1.807, 2.05) is 56.3 Å². The third-order valence-corrected chi connectivity index (χ3v) is 4.97. The van der Waals surface area contributed by atoms with Crippen molar-refractivity contribution >= 4 is 23.0 Å². The lowest BCUT2D eigenvalue weighted by molar-refractivity contribution is 0.0955. The molecule has 0 radical (unpaired) electrons. The van der Waals surface area contributed by atoms with Gasteiger partial charge in [0.25, 0.3) is 5.91 Å². The van der Waals surface area contributed by atoms with E-state index in [1.165, 1.54) is 24.1 Å². The molecule has 5 heteroatoms. The van der Waals surface area contributed by atoms with E-state index in [0.29, 0.717) is 5.56 Å². The van der Waals surface area contributed by atoms with Gasteiger partial charge >= 0.3 is 0 Å². The van der Waals surface area contributed by atoms with Crippen molar-refractivity contribution in [3.63, 3.8) is 0 Å². The molecule has 1 aliphatic rings. The zero-order valence-electron chi connectivity index (χ0n) is 16.3. The number of nitrogens with one attached hydrogen (secondary N) is 2. The van der Waals surface area contributed by atoms with Crippen LogP contribution in [0.25, 0.3) is 10.9 Å². The summed E-state index contributed by atoms with van der Waals surface area (Å²) in [5, 5.41) is 5.26. The van der Waals surface area contributed by atoms with Crippen LogP contribution in [-0.4, -0.2) is 23.2 Å². The SMILES string of the molecule is CC(C)Oc1cccc(/C=N/NC(=O)c2ccc3[nH]c4c(c3c2)CCCC4)c1. The van der Waals surface area contributed by atoms with Crippen molar-refractivity contribution in [2.45, 2.75) is 45.6 Å². The molecule has 1 aromatic heterocycles. The molecule has 4 rings (SSSR count). The summed E-state index contributed by atoms with van der Waals surface area (Å²) in [6.07, 6.45) is 6.34. The Morgan fingerprint density at radius 2 is 2.04 bits per heavy atom. The normalized spacial score (nSPS) is 13.8. The van der Waals surface area contributed by atoms with Crippen molar-refractivity contribution in [1.29, 1.82) is 0 Å². The minimum atomic E-state index is -0.210. The standard InChI is InChI=1S/C23H25N3O2/c1-15(2)28-18-7-5-6-16(12-18)14-24-26-23(27)17-10-11-22-20(13-17)19-8-3-4-9-21(19)25-22/h5-7,10-15,25H,3-4,8-9H2,1-2H3,(H,26,27)/b24-14+. The lowest BCUT2D eigenvalue weighted by atomic mass is 9.95. The van der Waals surface area contributed by atoms with Crippen molar-refractivity contribution in [1.82, 2.24) is 10.4 Å². The fraction of sp³-hybridized carbons (Fsp3) is 0.304. The molecule has 0 saturated carbocycles. The van der Waals surface area contributed by atoms with Gasteiger partial charge in [0, 0.05) is 22.2 Å². The van der Waals surface area contributed by atoms with Crippen molar-refractivity contribution in [2.24, 2.45) is 5.10 Å². The Morgan fingerprint density at radius 3 is 2.89 bits per heavy atom. The Bertz CT molecular complexity index is 1030. The molecular formula is C23H25N3O2. The monoisotopic (exact) mass is 375 g/mol. The van der Waals surface area contributed by atoms with Crippen LogP contribution in [0.2, 0.25) is 0 Å². The van der Waals surface area contributed by atoms with Gasteiger partial charge in [0.15, 0.2) is 0 Å². The number of hydrazone groups is 1. The third-order valence-electron chi connectivity index (χ3n) is 4.97. The number of hydrogen-bond donors (Lipinski definition) is 2. The van der Waals surface area contributed by atoms with Crippen molar-refractivity contribution in [3.05, 3.63) is 64.8 Å². The van der Waals surface area contributed by atoms with E-state index in [0.717, 1.165) is 35.1 Å². The summed E-state index contributed by atoms with van der Waals surface area (Å²) in [5.74, 6) is 0.575. The molecule has 0 bridgehead atoms. The van der Waals surface area contributed by atoms with Crippen LogP contribution in [0.4, 0.5) is 0 Å². The van der Waals surface area contributed by atoms with E-state index in [4.69, 9.17) is 4.74 Å². The molecule has 1 aliphatic carbocycles. The van der Waals surface area contributed by atoms with Crippen LogP contribution < -0.4 is 10.2 Å². The number of aromatic amines is 1. The first-order valence-electron chi connectivity index (χ1n) is 9.84. The van der Waals surface area contributed by atoms with E-state index in [-0.39, 0.29) is 12.0 Å². The van der Waals surface area contributed by atoms with E-state index in [9.17, 15) is 4.79 Å². The van der Waals surface area contributed by atoms with Gasteiger partial charge in [0.2, 0.25) is 0 Å². The van der Waals surface area contributed by atoms with Crippen molar-refractivity contribution in [2.75, 3.05) is 0 Å². The highest BCUT2D eigenvalue weighted by molar-refractivity contribution is 5.99. The van der Waals surface area contributed by atoms with Gasteiger partial charge in [-0.3, -0.25) is 4.79 Å². The van der Waals surface area contributed by atoms with Gasteiger partial charge in [-0.2, -0.15) is 5.10 Å². The van der Waals surface area contributed by atoms with Crippen LogP contribution in [0.1, 0.15) is 53.9 Å². The van der Waals surface area contributed by atoms with Gasteiger partial charge in [0.05, 0.1) is 12.3 Å². The van der Waals surface area contributed by atoms with Crippen molar-refractivity contribution in [3.8, 4) is 5.75 Å². The minimum Gasteiger partial charge on any atom is -0.491 e. The number of rotatable bonds is 5. The van der Waals surface area contributed by atoms with Crippen molar-refractivity contribution < 1.29 is 9.53 Å². The van der Waals surface area contributed by atoms with Crippen LogP contribution >= 0.6 is 0 Å². The summed E-state index contributed by atoms with van der Waals surface area (Å²) in [7, 11) is 0. The molecule has 28 heavy (non-hydrogen) atoms. The number of carbonyl (C=O) groups is 1. The molecule has 5 nitrogen and oxygen atoms in total. The molecule has 1 amide bonds. The number of amides is 1. The molecule has 2 N–H and O–H groups in total. The van der Waals surface area contributed by atoms with Crippen LogP contribution in [0.15, 0.2) is 47.6 Å². The predicted molar refractivity (Wildman–Crippen MR) is 112 cm³/mol. The maximum absolute atomic E-state index is 12.5. The molecule has 144 valence electrons. The summed E-state index contributed by atoms with van der Waals surface area (Å²) in [6.45, 7) is 3.97. The average Bonchev–Trinajstić information content (AvgIpc) is 3.05. The summed E-state index contributed by atoms with van der Waals surface area (Å²) >= 11 is 0. The Morgan fingerprint density at radius 1 is 1.18 bits per heavy atom. The molecule has 0 spiro atoms. The zero-order valence-corrected chi connectivity index (χ0v) is 16.3. The second-order valence-corrected chi connectivity index (χ2v) is 7.49. The molecular weight excluding hydrogens is 350 g/mol. The smallest absolute Gasteiger partial charge is 0.271 e. The number of fused-ring (bicyclic) bond motifs is 3. The maximum Gasteiger partial charge on any atom is 0.271 e. The summed E-state index contributed by atoms with van der Waals surface area (Å²) in [6, 6.07) is 13.4. The minimum absolute atomic E-state index is 0.112. The van der Waals surface area contributed by atoms with Crippen LogP contribution in [0.3, 0.4) is 0 Å². The molecule has 3 aromatic rings. The van der Waals surface area contributed by atoms with E-state index >= 15 is 0 Å². The van der Waals surface area contributed by atoms with Crippen LogP contribution in [-0.2, 0) is 12.8 Å². The number of aryl methyl sites for hydroxylation is 2. The Labute approximate surface area is 164 Å². The molecule has 1 heterocycles. The quantitative estimate of drug-likeness (QED) is 0.506. The number of ether oxygens (including phenoxy) is 1. The number of carbonyl (C=O) groups excluding carboxylic acids is 1. The topological polar surface area (TPSA) is 66.5 Å². The number of benzene rings is 2. The predicted octanol–water partition coefficient (Wildman–Crippen LogP) is 4.60. The number of aromatic nitrogens is 1. The van der Waals surface area contributed by atoms with E-state index in [1.54, 1.807) is 6.21 Å². The lowest BCUT2D eigenvalue weighted by Crippen LogP contribution is -2.17. The second kappa shape index (κ2) is 7.89. The van der Waals surface area contributed by atoms with Crippen LogP contribution in [0, 0.1) is 0 Å². The highest BCUT2D eigenvalue weighted by Gasteiger charge is 2.16. The molecule has 0 fully saturated rings. The highest BCUT2D eigenvalue weighted by Crippen LogP contribution is 2.29. The Kier molecular flexibility index (Phi) is 5.15. The first-order chi connectivity index (χ1) is 13.6. The van der Waals surface area contributed by atoms with Gasteiger partial charge in [0.1, 0.15) is 5.75 Å². The lowest BCUT2D eigenvalue weighted by Gasteiger charge is -2.10. The van der Waals surface area contributed by atoms with Gasteiger partial charge in [-0.05, 0) is 81.0 Å². The van der Waals surface area contributed by atoms with Gasteiger partial charge < -0.3 is 9.72 Å². The third kappa shape index (κ3) is 3.93. The summed E-state index contributed by atoms with van der Waals surface area (Å²) in [5.41, 5.74) is 7.90. The molecule has 0 aliphatic heterocycles. The molecule has 0 saturated heterocycles. The molecule has 0 atom stereocenters. The summed E-state index contributed by atoms with van der Waals surface area (Å²) in [4.78, 5) is 16.0. The van der Waals surface area contributed by atoms with Gasteiger partial charge in [-0.1, -0.05) is 12.1 Å². The Balaban J connectivity index is 1.47. The first kappa shape index (κ1) is 18.3. The van der Waals surface area contributed by atoms with Crippen LogP contribution in [0.5, 0.6) is 5.75 Å². The highest BCUT2D eigenvalue weighted by atomic mass is 16.5.